The van der Waals surface area contributed by atoms with Crippen molar-refractivity contribution >= 4 is 11.3 Å². The molecule has 0 atom stereocenters. The molecule has 0 radical (unpaired) electrons. The third kappa shape index (κ3) is 2.55. The van der Waals surface area contributed by atoms with E-state index in [0.717, 1.165) is 36.2 Å². The van der Waals surface area contributed by atoms with Gasteiger partial charge in [0, 0.05) is 10.4 Å². The molecule has 2 heterocycles. The van der Waals surface area contributed by atoms with Crippen LogP contribution in [0.5, 0.6) is 11.5 Å². The zero-order chi connectivity index (χ0) is 17.4. The van der Waals surface area contributed by atoms with Gasteiger partial charge in [0.1, 0.15) is 17.4 Å². The summed E-state index contributed by atoms with van der Waals surface area (Å²) in [6, 6.07) is 7.41. The van der Waals surface area contributed by atoms with Crippen LogP contribution < -0.4 is 4.74 Å². The fourth-order valence-corrected chi connectivity index (χ4v) is 4.52. The minimum atomic E-state index is 0.0709. The Hall–Kier alpha value is -2.85. The number of phenols is 1. The highest BCUT2D eigenvalue weighted by atomic mass is 32.1. The van der Waals surface area contributed by atoms with Crippen molar-refractivity contribution in [3.8, 4) is 34.0 Å². The average molecular weight is 352 g/mol. The monoisotopic (exact) mass is 352 g/mol. The molecule has 25 heavy (non-hydrogen) atoms. The maximum Gasteiger partial charge on any atom is 0.164 e. The van der Waals surface area contributed by atoms with Gasteiger partial charge in [-0.1, -0.05) is 0 Å². The lowest BCUT2D eigenvalue weighted by molar-refractivity contribution is 0.373. The molecule has 2 aromatic heterocycles. The summed E-state index contributed by atoms with van der Waals surface area (Å²) in [5, 5.41) is 24.7. The fourth-order valence-electron chi connectivity index (χ4n) is 3.22. The number of rotatable bonds is 3. The van der Waals surface area contributed by atoms with E-state index in [2.05, 4.69) is 16.2 Å². The van der Waals surface area contributed by atoms with E-state index in [1.165, 1.54) is 23.9 Å². The molecular weight excluding hydrogens is 336 g/mol. The standard InChI is InChI=1S/C18H16N4O2S/c1-24-15-8-11(6-7-14(15)23)17-20-10-21-22(17)18-13(9-19)12-4-2-3-5-16(12)25-18/h6-8,10,23H,2-5H2,1H3. The number of aromatic hydroxyl groups is 1. The summed E-state index contributed by atoms with van der Waals surface area (Å²) in [5.74, 6) is 1.06. The number of ether oxygens (including phenoxy) is 1. The topological polar surface area (TPSA) is 84.0 Å². The number of nitrogens with zero attached hydrogens (tertiary/aromatic N) is 4. The molecule has 1 aromatic carbocycles. The van der Waals surface area contributed by atoms with Gasteiger partial charge in [-0.25, -0.2) is 9.67 Å². The number of nitriles is 1. The van der Waals surface area contributed by atoms with Crippen LogP contribution >= 0.6 is 11.3 Å². The van der Waals surface area contributed by atoms with Gasteiger partial charge in [0.15, 0.2) is 17.3 Å². The van der Waals surface area contributed by atoms with Crippen molar-refractivity contribution in [2.75, 3.05) is 7.11 Å². The van der Waals surface area contributed by atoms with Crippen LogP contribution in [0.15, 0.2) is 24.5 Å². The summed E-state index contributed by atoms with van der Waals surface area (Å²) >= 11 is 1.62. The minimum absolute atomic E-state index is 0.0709. The first kappa shape index (κ1) is 15.7. The fraction of sp³-hybridized carbons (Fsp3) is 0.278. The molecule has 4 rings (SSSR count). The van der Waals surface area contributed by atoms with Gasteiger partial charge < -0.3 is 9.84 Å². The number of hydrogen-bond donors (Lipinski definition) is 1. The number of thiophene rings is 1. The lowest BCUT2D eigenvalue weighted by Gasteiger charge is -2.09. The molecule has 0 unspecified atom stereocenters. The average Bonchev–Trinajstić information content (AvgIpc) is 3.26. The predicted molar refractivity (Wildman–Crippen MR) is 94.2 cm³/mol. The zero-order valence-electron chi connectivity index (χ0n) is 13.7. The Bertz CT molecular complexity index is 984. The molecule has 3 aromatic rings. The third-order valence-electron chi connectivity index (χ3n) is 4.44. The maximum absolute atomic E-state index is 9.80. The molecule has 126 valence electrons. The van der Waals surface area contributed by atoms with Crippen molar-refractivity contribution in [1.82, 2.24) is 14.8 Å². The summed E-state index contributed by atoms with van der Waals surface area (Å²) in [7, 11) is 1.50. The van der Waals surface area contributed by atoms with E-state index in [0.29, 0.717) is 17.1 Å². The number of aromatic nitrogens is 3. The Morgan fingerprint density at radius 3 is 2.96 bits per heavy atom. The van der Waals surface area contributed by atoms with E-state index in [4.69, 9.17) is 4.74 Å². The first-order valence-electron chi connectivity index (χ1n) is 8.05. The smallest absolute Gasteiger partial charge is 0.164 e. The molecular formula is C18H16N4O2S. The van der Waals surface area contributed by atoms with Crippen LogP contribution in [0.25, 0.3) is 16.4 Å². The number of aryl methyl sites for hydroxylation is 1. The van der Waals surface area contributed by atoms with Gasteiger partial charge in [-0.15, -0.1) is 11.3 Å². The van der Waals surface area contributed by atoms with Gasteiger partial charge in [-0.2, -0.15) is 10.4 Å². The van der Waals surface area contributed by atoms with Crippen LogP contribution in [0, 0.1) is 11.3 Å². The molecule has 0 saturated carbocycles. The van der Waals surface area contributed by atoms with Crippen LogP contribution in [0.2, 0.25) is 0 Å². The number of phenolic OH excluding ortho intramolecular Hbond substituents is 1. The van der Waals surface area contributed by atoms with Gasteiger partial charge in [-0.05, 0) is 49.4 Å². The van der Waals surface area contributed by atoms with E-state index in [1.54, 1.807) is 34.2 Å². The van der Waals surface area contributed by atoms with Crippen LogP contribution in [0.4, 0.5) is 0 Å². The Balaban J connectivity index is 1.86. The number of fused-ring (bicyclic) bond motifs is 1. The number of hydrogen-bond acceptors (Lipinski definition) is 6. The third-order valence-corrected chi connectivity index (χ3v) is 5.71. The molecule has 0 amide bonds. The molecule has 1 aliphatic rings. The van der Waals surface area contributed by atoms with E-state index in [1.807, 2.05) is 0 Å². The number of benzene rings is 1. The molecule has 0 saturated heterocycles. The highest BCUT2D eigenvalue weighted by Crippen LogP contribution is 2.38. The zero-order valence-corrected chi connectivity index (χ0v) is 14.5. The lowest BCUT2D eigenvalue weighted by Crippen LogP contribution is -2.02. The second-order valence-corrected chi connectivity index (χ2v) is 6.97. The maximum atomic E-state index is 9.80. The second-order valence-electron chi connectivity index (χ2n) is 5.88. The quantitative estimate of drug-likeness (QED) is 0.780. The normalized spacial score (nSPS) is 13.3. The summed E-state index contributed by atoms with van der Waals surface area (Å²) in [6.07, 6.45) is 5.74. The molecule has 6 nitrogen and oxygen atoms in total. The SMILES string of the molecule is COc1cc(-c2ncnn2-c2sc3c(c2C#N)CCCC3)ccc1O. The van der Waals surface area contributed by atoms with E-state index < -0.39 is 0 Å². The van der Waals surface area contributed by atoms with Crippen LogP contribution in [-0.2, 0) is 12.8 Å². The van der Waals surface area contributed by atoms with E-state index >= 15 is 0 Å². The number of methoxy groups -OCH3 is 1. The Morgan fingerprint density at radius 2 is 2.16 bits per heavy atom. The molecule has 7 heteroatoms. The lowest BCUT2D eigenvalue weighted by atomic mass is 9.96. The summed E-state index contributed by atoms with van der Waals surface area (Å²) in [4.78, 5) is 5.64. The Morgan fingerprint density at radius 1 is 1.32 bits per heavy atom. The van der Waals surface area contributed by atoms with E-state index in [-0.39, 0.29) is 5.75 Å². The van der Waals surface area contributed by atoms with Crippen molar-refractivity contribution in [2.24, 2.45) is 0 Å². The van der Waals surface area contributed by atoms with Crippen molar-refractivity contribution in [3.63, 3.8) is 0 Å². The molecule has 1 N–H and O–H groups in total. The van der Waals surface area contributed by atoms with Gasteiger partial charge >= 0.3 is 0 Å². The Labute approximate surface area is 148 Å². The van der Waals surface area contributed by atoms with Crippen molar-refractivity contribution in [2.45, 2.75) is 25.7 Å². The minimum Gasteiger partial charge on any atom is -0.504 e. The van der Waals surface area contributed by atoms with Crippen LogP contribution in [0.1, 0.15) is 28.8 Å². The first-order valence-corrected chi connectivity index (χ1v) is 8.87. The van der Waals surface area contributed by atoms with Crippen molar-refractivity contribution in [3.05, 3.63) is 40.5 Å². The van der Waals surface area contributed by atoms with Crippen molar-refractivity contribution < 1.29 is 9.84 Å². The summed E-state index contributed by atoms with van der Waals surface area (Å²) in [5.41, 5.74) is 2.64. The van der Waals surface area contributed by atoms with Gasteiger partial charge in [0.05, 0.1) is 12.7 Å². The highest BCUT2D eigenvalue weighted by molar-refractivity contribution is 7.15. The van der Waals surface area contributed by atoms with E-state index in [9.17, 15) is 10.4 Å². The second kappa shape index (κ2) is 6.22. The van der Waals surface area contributed by atoms with Crippen LogP contribution in [-0.4, -0.2) is 27.0 Å². The molecule has 1 aliphatic carbocycles. The largest absolute Gasteiger partial charge is 0.504 e. The first-order chi connectivity index (χ1) is 12.2. The van der Waals surface area contributed by atoms with Gasteiger partial charge in [0.2, 0.25) is 0 Å². The molecule has 0 fully saturated rings. The summed E-state index contributed by atoms with van der Waals surface area (Å²) < 4.78 is 6.90. The predicted octanol–water partition coefficient (Wildman–Crippen LogP) is 3.46. The van der Waals surface area contributed by atoms with Gasteiger partial charge in [0.25, 0.3) is 0 Å². The van der Waals surface area contributed by atoms with Gasteiger partial charge in [-0.3, -0.25) is 0 Å². The molecule has 0 aliphatic heterocycles. The molecule has 0 spiro atoms. The highest BCUT2D eigenvalue weighted by Gasteiger charge is 2.24. The summed E-state index contributed by atoms with van der Waals surface area (Å²) in [6.45, 7) is 0. The van der Waals surface area contributed by atoms with Crippen LogP contribution in [0.3, 0.4) is 0 Å². The van der Waals surface area contributed by atoms with Crippen molar-refractivity contribution in [1.29, 1.82) is 5.26 Å². The molecule has 0 bridgehead atoms. The Kier molecular flexibility index (Phi) is 3.90.